The number of nitrogens with zero attached hydrogens (tertiary/aromatic N) is 3. The zero-order valence-corrected chi connectivity index (χ0v) is 23.7. The molecule has 1 aliphatic carbocycles. The van der Waals surface area contributed by atoms with Gasteiger partial charge in [0.05, 0.1) is 16.6 Å². The number of carbonyl (C=O) groups excluding carboxylic acids is 2. The number of anilines is 1. The van der Waals surface area contributed by atoms with Crippen LogP contribution in [-0.2, 0) is 23.4 Å². The summed E-state index contributed by atoms with van der Waals surface area (Å²) in [7, 11) is 0. The number of amides is 2. The zero-order valence-electron chi connectivity index (χ0n) is 21.3. The van der Waals surface area contributed by atoms with Crippen LogP contribution >= 0.6 is 34.9 Å². The maximum absolute atomic E-state index is 13.3. The fourth-order valence-electron chi connectivity index (χ4n) is 4.43. The summed E-state index contributed by atoms with van der Waals surface area (Å²) >= 11 is 4.51. The monoisotopic (exact) mass is 563 g/mol. The molecule has 0 spiro atoms. The number of thiophene rings is 1. The first-order chi connectivity index (χ1) is 18.4. The number of carbonyl (C=O) groups is 2. The van der Waals surface area contributed by atoms with Gasteiger partial charge in [-0.05, 0) is 69.4 Å². The molecule has 3 N–H and O–H groups in total. The van der Waals surface area contributed by atoms with E-state index in [1.807, 2.05) is 41.8 Å². The molecule has 2 aromatic carbocycles. The third-order valence-corrected chi connectivity index (χ3v) is 9.67. The van der Waals surface area contributed by atoms with Crippen LogP contribution in [0.2, 0.25) is 0 Å². The number of rotatable bonds is 9. The fourth-order valence-corrected chi connectivity index (χ4v) is 7.42. The molecule has 0 saturated carbocycles. The van der Waals surface area contributed by atoms with Gasteiger partial charge in [0.25, 0.3) is 5.91 Å². The molecular weight excluding hydrogens is 535 g/mol. The number of aryl methyl sites for hydroxylation is 2. The van der Waals surface area contributed by atoms with Gasteiger partial charge < -0.3 is 11.1 Å². The topological polar surface area (TPSA) is 103 Å². The highest BCUT2D eigenvalue weighted by Gasteiger charge is 2.27. The number of hydrogen-bond acceptors (Lipinski definition) is 7. The van der Waals surface area contributed by atoms with Gasteiger partial charge in [-0.25, -0.2) is 0 Å². The Kier molecular flexibility index (Phi) is 8.21. The van der Waals surface area contributed by atoms with Gasteiger partial charge in [0.1, 0.15) is 10.8 Å². The molecule has 7 nitrogen and oxygen atoms in total. The molecule has 0 fully saturated rings. The van der Waals surface area contributed by atoms with Crippen LogP contribution in [0.15, 0.2) is 64.6 Å². The number of para-hydroxylation sites is 1. The first-order valence-corrected chi connectivity index (χ1v) is 15.2. The van der Waals surface area contributed by atoms with Crippen molar-refractivity contribution in [3.63, 3.8) is 0 Å². The lowest BCUT2D eigenvalue weighted by Gasteiger charge is -2.14. The zero-order chi connectivity index (χ0) is 26.6. The lowest BCUT2D eigenvalue weighted by Crippen LogP contribution is -2.24. The van der Waals surface area contributed by atoms with Crippen molar-refractivity contribution in [2.24, 2.45) is 5.73 Å². The van der Waals surface area contributed by atoms with Gasteiger partial charge in [-0.3, -0.25) is 14.2 Å². The van der Waals surface area contributed by atoms with Gasteiger partial charge in [0.15, 0.2) is 5.16 Å². The molecule has 1 unspecified atom stereocenters. The summed E-state index contributed by atoms with van der Waals surface area (Å²) < 4.78 is 2.01. The number of thioether (sulfide) groups is 2. The third-order valence-electron chi connectivity index (χ3n) is 6.41. The molecule has 0 radical (unpaired) electrons. The number of benzene rings is 2. The minimum atomic E-state index is -0.487. The molecule has 0 saturated heterocycles. The Morgan fingerprint density at radius 3 is 2.55 bits per heavy atom. The van der Waals surface area contributed by atoms with E-state index < -0.39 is 11.2 Å². The first-order valence-electron chi connectivity index (χ1n) is 12.5. The van der Waals surface area contributed by atoms with E-state index in [-0.39, 0.29) is 5.91 Å². The van der Waals surface area contributed by atoms with Gasteiger partial charge >= 0.3 is 0 Å². The van der Waals surface area contributed by atoms with Crippen LogP contribution in [0.5, 0.6) is 0 Å². The Bertz CT molecular complexity index is 1450. The van der Waals surface area contributed by atoms with E-state index in [4.69, 9.17) is 5.73 Å². The smallest absolute Gasteiger partial charge is 0.251 e. The quantitative estimate of drug-likeness (QED) is 0.241. The van der Waals surface area contributed by atoms with Crippen LogP contribution < -0.4 is 11.1 Å². The normalized spacial score (nSPS) is 13.6. The van der Waals surface area contributed by atoms with Crippen molar-refractivity contribution in [2.45, 2.75) is 60.6 Å². The summed E-state index contributed by atoms with van der Waals surface area (Å²) in [6.45, 7) is 3.91. The molecule has 2 amide bonds. The van der Waals surface area contributed by atoms with Gasteiger partial charge in [0, 0.05) is 15.5 Å². The number of hydrogen-bond donors (Lipinski definition) is 2. The molecule has 1 aliphatic rings. The first kappa shape index (κ1) is 26.5. The Morgan fingerprint density at radius 2 is 1.82 bits per heavy atom. The van der Waals surface area contributed by atoms with E-state index in [1.165, 1.54) is 28.7 Å². The minimum Gasteiger partial charge on any atom is -0.365 e. The maximum atomic E-state index is 13.3. The molecule has 196 valence electrons. The van der Waals surface area contributed by atoms with Crippen molar-refractivity contribution in [2.75, 3.05) is 5.32 Å². The van der Waals surface area contributed by atoms with E-state index in [9.17, 15) is 9.59 Å². The second-order valence-corrected chi connectivity index (χ2v) is 12.7. The predicted molar refractivity (Wildman–Crippen MR) is 156 cm³/mol. The summed E-state index contributed by atoms with van der Waals surface area (Å²) in [6.07, 6.45) is 3.87. The van der Waals surface area contributed by atoms with Crippen LogP contribution in [0.3, 0.4) is 0 Å². The Labute approximate surface area is 234 Å². The predicted octanol–water partition coefficient (Wildman–Crippen LogP) is 6.03. The van der Waals surface area contributed by atoms with Crippen LogP contribution in [0.25, 0.3) is 5.69 Å². The maximum Gasteiger partial charge on any atom is 0.251 e. The average molecular weight is 564 g/mol. The van der Waals surface area contributed by atoms with Gasteiger partial charge in [-0.2, -0.15) is 0 Å². The number of nitrogens with two attached hydrogens (primary N) is 1. The number of nitrogens with one attached hydrogen (secondary N) is 1. The Balaban J connectivity index is 1.35. The summed E-state index contributed by atoms with van der Waals surface area (Å²) in [6, 6.07) is 18.3. The van der Waals surface area contributed by atoms with E-state index in [2.05, 4.69) is 46.7 Å². The van der Waals surface area contributed by atoms with E-state index >= 15 is 0 Å². The van der Waals surface area contributed by atoms with Gasteiger partial charge in [-0.1, -0.05) is 47.7 Å². The average Bonchev–Trinajstić information content (AvgIpc) is 3.49. The third kappa shape index (κ3) is 5.82. The van der Waals surface area contributed by atoms with E-state index in [0.717, 1.165) is 52.5 Å². The van der Waals surface area contributed by atoms with E-state index in [1.54, 1.807) is 11.8 Å². The summed E-state index contributed by atoms with van der Waals surface area (Å²) in [5.74, 6) is 0.752. The molecule has 5 rings (SSSR count). The highest BCUT2D eigenvalue weighted by Crippen LogP contribution is 2.38. The van der Waals surface area contributed by atoms with Crippen LogP contribution in [0.1, 0.15) is 52.0 Å². The molecule has 2 aromatic heterocycles. The Hall–Kier alpha value is -3.08. The molecule has 0 bridgehead atoms. The number of primary amides is 1. The molecule has 2 heterocycles. The van der Waals surface area contributed by atoms with Crippen LogP contribution in [-0.4, -0.2) is 31.8 Å². The second kappa shape index (κ2) is 11.8. The minimum absolute atomic E-state index is 0.200. The molecule has 4 aromatic rings. The van der Waals surface area contributed by atoms with Gasteiger partial charge in [-0.15, -0.1) is 33.3 Å². The van der Waals surface area contributed by atoms with Crippen molar-refractivity contribution >= 4 is 51.7 Å². The molecule has 10 heteroatoms. The van der Waals surface area contributed by atoms with Gasteiger partial charge in [0.2, 0.25) is 5.91 Å². The van der Waals surface area contributed by atoms with Crippen molar-refractivity contribution in [3.05, 3.63) is 82.0 Å². The largest absolute Gasteiger partial charge is 0.365 e. The number of aromatic nitrogens is 3. The van der Waals surface area contributed by atoms with Crippen LogP contribution in [0, 0.1) is 6.92 Å². The highest BCUT2D eigenvalue weighted by atomic mass is 32.2. The van der Waals surface area contributed by atoms with E-state index in [0.29, 0.717) is 21.5 Å². The fraction of sp³-hybridized carbons (Fsp3) is 0.286. The summed E-state index contributed by atoms with van der Waals surface area (Å²) in [4.78, 5) is 27.8. The highest BCUT2D eigenvalue weighted by molar-refractivity contribution is 8.00. The molecule has 0 aliphatic heterocycles. The molecular formula is C28H29N5O2S3. The molecule has 38 heavy (non-hydrogen) atoms. The second-order valence-electron chi connectivity index (χ2n) is 9.20. The molecule has 1 atom stereocenters. The van der Waals surface area contributed by atoms with Crippen LogP contribution in [0.4, 0.5) is 5.00 Å². The van der Waals surface area contributed by atoms with Crippen molar-refractivity contribution in [1.82, 2.24) is 14.8 Å². The lowest BCUT2D eigenvalue weighted by molar-refractivity contribution is -0.115. The van der Waals surface area contributed by atoms with Crippen molar-refractivity contribution < 1.29 is 9.59 Å². The summed E-state index contributed by atoms with van der Waals surface area (Å²) in [5.41, 5.74) is 9.34. The lowest BCUT2D eigenvalue weighted by atomic mass is 9.95. The number of fused-ring (bicyclic) bond motifs is 1. The van der Waals surface area contributed by atoms with Crippen molar-refractivity contribution in [3.8, 4) is 5.69 Å². The standard InChI is InChI=1S/C28H29N5O2S3/c1-17-12-14-20(15-13-17)36-16-23-31-32-28(33(23)19-8-4-3-5-9-19)37-18(2)26(35)30-27-24(25(29)34)21-10-6-7-11-22(21)38-27/h3-5,8-9,12-15,18H,6-7,10-11,16H2,1-2H3,(H2,29,34)(H,30,35). The van der Waals surface area contributed by atoms with Crippen molar-refractivity contribution in [1.29, 1.82) is 0 Å². The Morgan fingerprint density at radius 1 is 1.08 bits per heavy atom. The SMILES string of the molecule is Cc1ccc(SCc2nnc(SC(C)C(=O)Nc3sc4c(c3C(N)=O)CCCC4)n2-c2ccccc2)cc1. The summed E-state index contributed by atoms with van der Waals surface area (Å²) in [5, 5.41) is 12.6.